The zero-order valence-electron chi connectivity index (χ0n) is 19.4. The number of benzene rings is 2. The number of aromatic nitrogens is 2. The molecule has 0 saturated heterocycles. The summed E-state index contributed by atoms with van der Waals surface area (Å²) >= 11 is 0. The lowest BCUT2D eigenvalue weighted by Gasteiger charge is -2.57. The average molecular weight is 434 g/mol. The van der Waals surface area contributed by atoms with Crippen LogP contribution in [0, 0.1) is 24.7 Å². The standard InChI is InChI=1S/C30H29N2O/c1-17-23-4-3-6-31-24(23)13-26-27(17)29-28-21(5-7-32(29)2)11-22(12-25(28)33-26)30-14-18-8-19(15-30)10-20(9-18)16-30/h3-7,11-13,18-20H,8-10,14-16H2,1-2H3/q+1. The fraction of sp³-hybridized carbons (Fsp3) is 0.400. The van der Waals surface area contributed by atoms with E-state index in [9.17, 15) is 0 Å². The summed E-state index contributed by atoms with van der Waals surface area (Å²) in [5, 5.41) is 3.78. The van der Waals surface area contributed by atoms with E-state index >= 15 is 0 Å². The zero-order chi connectivity index (χ0) is 21.9. The van der Waals surface area contributed by atoms with Gasteiger partial charge in [0.15, 0.2) is 6.20 Å². The first kappa shape index (κ1) is 18.5. The number of nitrogens with zero attached hydrogens (tertiary/aromatic N) is 2. The van der Waals surface area contributed by atoms with E-state index in [4.69, 9.17) is 4.74 Å². The van der Waals surface area contributed by atoms with Gasteiger partial charge in [-0.3, -0.25) is 4.98 Å². The van der Waals surface area contributed by atoms with E-state index in [1.807, 2.05) is 12.3 Å². The largest absolute Gasteiger partial charge is 0.455 e. The molecule has 9 rings (SSSR count). The van der Waals surface area contributed by atoms with Crippen LogP contribution in [-0.2, 0) is 12.5 Å². The predicted molar refractivity (Wildman–Crippen MR) is 131 cm³/mol. The molecule has 2 aromatic heterocycles. The van der Waals surface area contributed by atoms with Crippen LogP contribution in [0.25, 0.3) is 32.9 Å². The zero-order valence-corrected chi connectivity index (χ0v) is 19.4. The van der Waals surface area contributed by atoms with Gasteiger partial charge in [0.2, 0.25) is 5.69 Å². The Morgan fingerprint density at radius 1 is 0.970 bits per heavy atom. The maximum Gasteiger partial charge on any atom is 0.228 e. The van der Waals surface area contributed by atoms with Gasteiger partial charge in [-0.1, -0.05) is 6.07 Å². The van der Waals surface area contributed by atoms with Crippen LogP contribution in [-0.4, -0.2) is 4.98 Å². The predicted octanol–water partition coefficient (Wildman–Crippen LogP) is 6.76. The van der Waals surface area contributed by atoms with Gasteiger partial charge >= 0.3 is 0 Å². The highest BCUT2D eigenvalue weighted by Crippen LogP contribution is 2.61. The number of rotatable bonds is 1. The molecule has 0 unspecified atom stereocenters. The second-order valence-electron chi connectivity index (χ2n) is 11.5. The first-order valence-electron chi connectivity index (χ1n) is 12.6. The highest BCUT2D eigenvalue weighted by atomic mass is 16.5. The van der Waals surface area contributed by atoms with E-state index < -0.39 is 0 Å². The number of fused-ring (bicyclic) bond motifs is 3. The second kappa shape index (κ2) is 6.14. The van der Waals surface area contributed by atoms with Crippen LogP contribution in [0.4, 0.5) is 0 Å². The van der Waals surface area contributed by atoms with Gasteiger partial charge in [0, 0.05) is 23.7 Å². The van der Waals surface area contributed by atoms with E-state index in [0.717, 1.165) is 34.8 Å². The summed E-state index contributed by atoms with van der Waals surface area (Å²) in [6.07, 6.45) is 12.7. The molecular formula is C30H29N2O+. The van der Waals surface area contributed by atoms with E-state index in [-0.39, 0.29) is 0 Å². The van der Waals surface area contributed by atoms with Gasteiger partial charge in [-0.2, -0.15) is 0 Å². The minimum atomic E-state index is 0.363. The van der Waals surface area contributed by atoms with Crippen molar-refractivity contribution in [2.45, 2.75) is 50.9 Å². The van der Waals surface area contributed by atoms with Gasteiger partial charge in [0.05, 0.1) is 16.5 Å². The van der Waals surface area contributed by atoms with Crippen molar-refractivity contribution in [3.8, 4) is 22.8 Å². The molecule has 4 fully saturated rings. The van der Waals surface area contributed by atoms with E-state index in [2.05, 4.69) is 60.1 Å². The molecule has 2 aromatic carbocycles. The first-order chi connectivity index (χ1) is 16.1. The van der Waals surface area contributed by atoms with Crippen LogP contribution in [0.1, 0.15) is 49.7 Å². The van der Waals surface area contributed by atoms with Crippen molar-refractivity contribution in [2.24, 2.45) is 24.8 Å². The summed E-state index contributed by atoms with van der Waals surface area (Å²) in [5.74, 6) is 4.79. The molecule has 4 aliphatic carbocycles. The molecule has 164 valence electrons. The van der Waals surface area contributed by atoms with Crippen LogP contribution < -0.4 is 9.30 Å². The number of aryl methyl sites for hydroxylation is 2. The third-order valence-corrected chi connectivity index (χ3v) is 9.44. The smallest absolute Gasteiger partial charge is 0.228 e. The maximum atomic E-state index is 6.74. The normalized spacial score (nSPS) is 28.8. The fourth-order valence-corrected chi connectivity index (χ4v) is 8.48. The molecule has 3 heteroatoms. The van der Waals surface area contributed by atoms with E-state index in [1.165, 1.54) is 77.1 Å². The molecule has 0 radical (unpaired) electrons. The molecular weight excluding hydrogens is 404 g/mol. The molecule has 3 heterocycles. The van der Waals surface area contributed by atoms with Crippen LogP contribution in [0.2, 0.25) is 0 Å². The lowest BCUT2D eigenvalue weighted by molar-refractivity contribution is -0.659. The van der Waals surface area contributed by atoms with Crippen LogP contribution in [0.3, 0.4) is 0 Å². The molecule has 1 aliphatic heterocycles. The Balaban J connectivity index is 1.39. The number of ether oxygens (including phenoxy) is 1. The Kier molecular flexibility index (Phi) is 3.44. The third kappa shape index (κ3) is 2.41. The van der Waals surface area contributed by atoms with Gasteiger partial charge in [0.1, 0.15) is 18.5 Å². The lowest BCUT2D eigenvalue weighted by atomic mass is 9.48. The summed E-state index contributed by atoms with van der Waals surface area (Å²) in [5.41, 5.74) is 6.62. The molecule has 0 atom stereocenters. The number of hydrogen-bond acceptors (Lipinski definition) is 2. The van der Waals surface area contributed by atoms with Crippen LogP contribution in [0.15, 0.2) is 48.8 Å². The van der Waals surface area contributed by atoms with Gasteiger partial charge in [-0.25, -0.2) is 4.57 Å². The van der Waals surface area contributed by atoms with Crippen LogP contribution in [0.5, 0.6) is 11.5 Å². The second-order valence-corrected chi connectivity index (χ2v) is 11.5. The number of hydrogen-bond donors (Lipinski definition) is 0. The van der Waals surface area contributed by atoms with Gasteiger partial charge < -0.3 is 4.74 Å². The monoisotopic (exact) mass is 433 g/mol. The van der Waals surface area contributed by atoms with Gasteiger partial charge in [0.25, 0.3) is 0 Å². The summed E-state index contributed by atoms with van der Waals surface area (Å²) in [4.78, 5) is 4.64. The molecule has 33 heavy (non-hydrogen) atoms. The molecule has 4 saturated carbocycles. The molecule has 4 aromatic rings. The first-order valence-corrected chi connectivity index (χ1v) is 12.6. The van der Waals surface area contributed by atoms with Crippen molar-refractivity contribution >= 4 is 21.7 Å². The van der Waals surface area contributed by atoms with E-state index in [1.54, 1.807) is 0 Å². The minimum Gasteiger partial charge on any atom is -0.455 e. The summed E-state index contributed by atoms with van der Waals surface area (Å²) < 4.78 is 9.01. The summed E-state index contributed by atoms with van der Waals surface area (Å²) in [6.45, 7) is 2.21. The van der Waals surface area contributed by atoms with Crippen LogP contribution >= 0.6 is 0 Å². The molecule has 3 nitrogen and oxygen atoms in total. The lowest BCUT2D eigenvalue weighted by Crippen LogP contribution is -2.48. The molecule has 0 amide bonds. The number of pyridine rings is 2. The fourth-order valence-electron chi connectivity index (χ4n) is 8.48. The molecule has 5 aliphatic rings. The highest BCUT2D eigenvalue weighted by molar-refractivity contribution is 6.05. The Morgan fingerprint density at radius 2 is 1.73 bits per heavy atom. The molecule has 4 bridgehead atoms. The van der Waals surface area contributed by atoms with Crippen molar-refractivity contribution in [3.05, 3.63) is 59.9 Å². The third-order valence-electron chi connectivity index (χ3n) is 9.44. The van der Waals surface area contributed by atoms with Gasteiger partial charge in [-0.05, 0) is 103 Å². The Labute approximate surface area is 194 Å². The Morgan fingerprint density at radius 3 is 2.48 bits per heavy atom. The maximum absolute atomic E-state index is 6.74. The minimum absolute atomic E-state index is 0.363. The van der Waals surface area contributed by atoms with Gasteiger partial charge in [-0.15, -0.1) is 0 Å². The Hall–Kier alpha value is -2.94. The average Bonchev–Trinajstić information content (AvgIpc) is 2.80. The van der Waals surface area contributed by atoms with Crippen molar-refractivity contribution in [3.63, 3.8) is 0 Å². The highest BCUT2D eigenvalue weighted by Gasteiger charge is 2.52. The topological polar surface area (TPSA) is 26.0 Å². The van der Waals surface area contributed by atoms with E-state index in [0.29, 0.717) is 5.41 Å². The van der Waals surface area contributed by atoms with Crippen molar-refractivity contribution < 1.29 is 9.30 Å². The van der Waals surface area contributed by atoms with Crippen molar-refractivity contribution in [1.29, 1.82) is 0 Å². The Bertz CT molecular complexity index is 1470. The molecule has 0 spiro atoms. The van der Waals surface area contributed by atoms with Crippen molar-refractivity contribution in [1.82, 2.24) is 4.98 Å². The summed E-state index contributed by atoms with van der Waals surface area (Å²) in [6, 6.07) is 13.6. The SMILES string of the molecule is Cc1c2c(cc3ncccc13)Oc1cc(C34CC5CC(CC(C5)C3)C4)cc3cc[n+](C)c-2c13. The van der Waals surface area contributed by atoms with Crippen molar-refractivity contribution in [2.75, 3.05) is 0 Å². The quantitative estimate of drug-likeness (QED) is 0.273. The molecule has 0 N–H and O–H groups in total. The summed E-state index contributed by atoms with van der Waals surface area (Å²) in [7, 11) is 2.16.